The third-order valence-electron chi connectivity index (χ3n) is 3.82. The van der Waals surface area contributed by atoms with Crippen LogP contribution in [0.1, 0.15) is 5.01 Å². The molecule has 1 saturated heterocycles. The first kappa shape index (κ1) is 19.7. The summed E-state index contributed by atoms with van der Waals surface area (Å²) < 4.78 is 0.755. The van der Waals surface area contributed by atoms with Gasteiger partial charge < -0.3 is 15.7 Å². The van der Waals surface area contributed by atoms with Crippen LogP contribution in [-0.4, -0.2) is 67.6 Å². The van der Waals surface area contributed by atoms with Gasteiger partial charge in [-0.15, -0.1) is 28.5 Å². The second kappa shape index (κ2) is 8.31. The number of urea groups is 1. The van der Waals surface area contributed by atoms with Crippen LogP contribution in [-0.2, 0) is 9.59 Å². The number of amides is 3. The number of aromatic nitrogens is 2. The molecule has 0 bridgehead atoms. The second-order valence-electron chi connectivity index (χ2n) is 5.66. The van der Waals surface area contributed by atoms with Crippen molar-refractivity contribution < 1.29 is 19.5 Å². The minimum Gasteiger partial charge on any atom is -0.477 e. The van der Waals surface area contributed by atoms with E-state index in [4.69, 9.17) is 0 Å². The molecule has 3 rings (SSSR count). The molecule has 27 heavy (non-hydrogen) atoms. The number of hydrogen-bond donors (Lipinski definition) is 3. The SMILES string of the molecule is C=CCNC(=O)NC1C(=O)N2C(C(=O)O)=C(CSc3nnc(C)s3)CS[C@H]12. The standard InChI is InChI=1S/C15H17N5O4S3/c1-3-4-16-14(24)17-9-11(21)20-10(13(22)23)8(5-25-12(9)20)6-26-15-19-18-7(2)27-15/h3,9,12H,1,4-6H2,2H3,(H,22,23)(H2,16,17,24)/t9?,12-/m1/s1. The molecular formula is C15H17N5O4S3. The molecule has 9 nitrogen and oxygen atoms in total. The predicted octanol–water partition coefficient (Wildman–Crippen LogP) is 1.05. The zero-order valence-corrected chi connectivity index (χ0v) is 16.7. The van der Waals surface area contributed by atoms with Crippen molar-refractivity contribution in [3.63, 3.8) is 0 Å². The largest absolute Gasteiger partial charge is 0.477 e. The van der Waals surface area contributed by atoms with Crippen LogP contribution in [0.15, 0.2) is 28.3 Å². The Morgan fingerprint density at radius 2 is 2.26 bits per heavy atom. The van der Waals surface area contributed by atoms with Gasteiger partial charge in [-0.25, -0.2) is 9.59 Å². The van der Waals surface area contributed by atoms with Gasteiger partial charge in [0.05, 0.1) is 0 Å². The number of carboxylic acids is 1. The highest BCUT2D eigenvalue weighted by molar-refractivity contribution is 8.01. The lowest BCUT2D eigenvalue weighted by Crippen LogP contribution is -2.71. The first-order valence-electron chi connectivity index (χ1n) is 7.90. The molecule has 1 aromatic rings. The molecule has 1 unspecified atom stereocenters. The Morgan fingerprint density at radius 1 is 1.48 bits per heavy atom. The highest BCUT2D eigenvalue weighted by Crippen LogP contribution is 2.41. The zero-order chi connectivity index (χ0) is 19.6. The summed E-state index contributed by atoms with van der Waals surface area (Å²) >= 11 is 4.27. The Hall–Kier alpha value is -2.05. The number of thioether (sulfide) groups is 2. The smallest absolute Gasteiger partial charge is 0.352 e. The van der Waals surface area contributed by atoms with Gasteiger partial charge in [0.2, 0.25) is 0 Å². The summed E-state index contributed by atoms with van der Waals surface area (Å²) in [5.41, 5.74) is 0.659. The number of nitrogens with zero attached hydrogens (tertiary/aromatic N) is 3. The molecule has 12 heteroatoms. The summed E-state index contributed by atoms with van der Waals surface area (Å²) in [4.78, 5) is 37.3. The summed E-state index contributed by atoms with van der Waals surface area (Å²) in [5, 5.41) is 23.1. The molecule has 0 aliphatic carbocycles. The van der Waals surface area contributed by atoms with Gasteiger partial charge in [-0.05, 0) is 12.5 Å². The normalized spacial score (nSPS) is 21.4. The Labute approximate surface area is 167 Å². The number of aliphatic carboxylic acids is 1. The fraction of sp³-hybridized carbons (Fsp3) is 0.400. The summed E-state index contributed by atoms with van der Waals surface area (Å²) in [6.45, 7) is 5.63. The molecule has 3 N–H and O–H groups in total. The van der Waals surface area contributed by atoms with Gasteiger partial charge in [-0.1, -0.05) is 29.2 Å². The van der Waals surface area contributed by atoms with E-state index in [-0.39, 0.29) is 12.2 Å². The van der Waals surface area contributed by atoms with Gasteiger partial charge in [0, 0.05) is 18.1 Å². The first-order valence-corrected chi connectivity index (χ1v) is 10.8. The fourth-order valence-electron chi connectivity index (χ4n) is 2.64. The monoisotopic (exact) mass is 427 g/mol. The van der Waals surface area contributed by atoms with Crippen molar-refractivity contribution in [3.8, 4) is 0 Å². The van der Waals surface area contributed by atoms with E-state index >= 15 is 0 Å². The maximum absolute atomic E-state index is 12.5. The van der Waals surface area contributed by atoms with E-state index < -0.39 is 29.3 Å². The van der Waals surface area contributed by atoms with Crippen molar-refractivity contribution in [2.45, 2.75) is 22.7 Å². The number of fused-ring (bicyclic) bond motifs is 1. The number of carboxylic acid groups (broad SMARTS) is 1. The molecule has 2 aliphatic heterocycles. The van der Waals surface area contributed by atoms with Crippen molar-refractivity contribution in [1.82, 2.24) is 25.7 Å². The van der Waals surface area contributed by atoms with E-state index in [0.717, 1.165) is 9.35 Å². The van der Waals surface area contributed by atoms with Crippen LogP contribution < -0.4 is 10.6 Å². The van der Waals surface area contributed by atoms with Crippen molar-refractivity contribution in [2.75, 3.05) is 18.1 Å². The van der Waals surface area contributed by atoms with Gasteiger partial charge in [-0.3, -0.25) is 9.69 Å². The Kier molecular flexibility index (Phi) is 6.07. The summed E-state index contributed by atoms with van der Waals surface area (Å²) in [5.74, 6) is -0.690. The molecule has 0 aromatic carbocycles. The van der Waals surface area contributed by atoms with Crippen molar-refractivity contribution in [1.29, 1.82) is 0 Å². The van der Waals surface area contributed by atoms with E-state index in [2.05, 4.69) is 27.4 Å². The van der Waals surface area contributed by atoms with Crippen LogP contribution in [0.4, 0.5) is 4.79 Å². The van der Waals surface area contributed by atoms with E-state index in [1.165, 1.54) is 45.8 Å². The van der Waals surface area contributed by atoms with Crippen LogP contribution >= 0.6 is 34.9 Å². The minimum atomic E-state index is -1.15. The van der Waals surface area contributed by atoms with Gasteiger partial charge in [-0.2, -0.15) is 0 Å². The highest BCUT2D eigenvalue weighted by atomic mass is 32.2. The highest BCUT2D eigenvalue weighted by Gasteiger charge is 2.54. The number of carbonyl (C=O) groups is 3. The molecular weight excluding hydrogens is 410 g/mol. The Morgan fingerprint density at radius 3 is 2.89 bits per heavy atom. The van der Waals surface area contributed by atoms with Crippen LogP contribution in [0.2, 0.25) is 0 Å². The quantitative estimate of drug-likeness (QED) is 0.335. The minimum absolute atomic E-state index is 0.00189. The number of aryl methyl sites for hydroxylation is 1. The van der Waals surface area contributed by atoms with Crippen LogP contribution in [0.5, 0.6) is 0 Å². The summed E-state index contributed by atoms with van der Waals surface area (Å²) in [7, 11) is 0. The van der Waals surface area contributed by atoms with Crippen molar-refractivity contribution in [2.24, 2.45) is 0 Å². The average molecular weight is 428 g/mol. The molecule has 0 saturated carbocycles. The molecule has 3 amide bonds. The van der Waals surface area contributed by atoms with Gasteiger partial charge in [0.25, 0.3) is 5.91 Å². The van der Waals surface area contributed by atoms with E-state index in [1.54, 1.807) is 0 Å². The number of carbonyl (C=O) groups excluding carboxylic acids is 2. The third kappa shape index (κ3) is 4.12. The molecule has 2 atom stereocenters. The molecule has 0 radical (unpaired) electrons. The van der Waals surface area contributed by atoms with E-state index in [0.29, 0.717) is 17.1 Å². The number of rotatable bonds is 7. The van der Waals surface area contributed by atoms with E-state index in [9.17, 15) is 19.5 Å². The fourth-order valence-corrected chi connectivity index (χ4v) is 5.94. The van der Waals surface area contributed by atoms with Crippen LogP contribution in [0.25, 0.3) is 0 Å². The molecule has 144 valence electrons. The van der Waals surface area contributed by atoms with Crippen LogP contribution in [0, 0.1) is 6.92 Å². The van der Waals surface area contributed by atoms with Crippen LogP contribution in [0.3, 0.4) is 0 Å². The van der Waals surface area contributed by atoms with Gasteiger partial charge >= 0.3 is 12.0 Å². The number of nitrogens with one attached hydrogen (secondary N) is 2. The van der Waals surface area contributed by atoms with E-state index in [1.807, 2.05) is 6.92 Å². The zero-order valence-electron chi connectivity index (χ0n) is 14.3. The molecule has 1 aromatic heterocycles. The maximum Gasteiger partial charge on any atom is 0.352 e. The third-order valence-corrected chi connectivity index (χ3v) is 7.22. The molecule has 3 heterocycles. The lowest BCUT2D eigenvalue weighted by Gasteiger charge is -2.49. The van der Waals surface area contributed by atoms with Crippen molar-refractivity contribution in [3.05, 3.63) is 28.9 Å². The average Bonchev–Trinajstić information content (AvgIpc) is 3.06. The second-order valence-corrected chi connectivity index (χ2v) is 9.17. The Balaban J connectivity index is 1.70. The maximum atomic E-state index is 12.5. The van der Waals surface area contributed by atoms with Gasteiger partial charge in [0.15, 0.2) is 4.34 Å². The Bertz CT molecular complexity index is 824. The molecule has 0 spiro atoms. The first-order chi connectivity index (χ1) is 12.9. The molecule has 2 aliphatic rings. The molecule has 1 fully saturated rings. The van der Waals surface area contributed by atoms with Gasteiger partial charge in [0.1, 0.15) is 22.1 Å². The predicted molar refractivity (Wildman–Crippen MR) is 104 cm³/mol. The summed E-state index contributed by atoms with van der Waals surface area (Å²) in [6.07, 6.45) is 1.53. The van der Waals surface area contributed by atoms with Crippen molar-refractivity contribution >= 4 is 52.8 Å². The number of hydrogen-bond acceptors (Lipinski definition) is 8. The lowest BCUT2D eigenvalue weighted by atomic mass is 10.0. The topological polar surface area (TPSA) is 125 Å². The number of β-lactam (4-membered cyclic amide) rings is 1. The summed E-state index contributed by atoms with van der Waals surface area (Å²) in [6, 6.07) is -1.23. The lowest BCUT2D eigenvalue weighted by molar-refractivity contribution is -0.148.